The van der Waals surface area contributed by atoms with Crippen molar-refractivity contribution in [3.63, 3.8) is 0 Å². The van der Waals surface area contributed by atoms with E-state index in [4.69, 9.17) is 0 Å². The molecule has 0 N–H and O–H groups in total. The molecule has 0 radical (unpaired) electrons. The molecule has 1 aliphatic heterocycles. The molecule has 3 nitrogen and oxygen atoms in total. The molecule has 0 amide bonds. The van der Waals surface area contributed by atoms with Crippen molar-refractivity contribution in [1.29, 1.82) is 0 Å². The van der Waals surface area contributed by atoms with Crippen LogP contribution < -0.4 is 0 Å². The average Bonchev–Trinajstić information content (AvgIpc) is 2.68. The first-order chi connectivity index (χ1) is 7.58. The molecule has 3 heteroatoms. The van der Waals surface area contributed by atoms with Crippen molar-refractivity contribution in [3.05, 3.63) is 54.2 Å². The fraction of sp³-hybridized carbons (Fsp3) is 0.308. The van der Waals surface area contributed by atoms with Crippen molar-refractivity contribution in [2.24, 2.45) is 7.05 Å². The fourth-order valence-electron chi connectivity index (χ4n) is 1.77. The second kappa shape index (κ2) is 4.00. The fourth-order valence-corrected chi connectivity index (χ4v) is 1.77. The number of likely N-dealkylation sites (N-methyl/N-ethyl adjacent to an activating group) is 1. The van der Waals surface area contributed by atoms with Crippen LogP contribution in [0.25, 0.3) is 0 Å². The van der Waals surface area contributed by atoms with Crippen LogP contribution in [0.1, 0.15) is 18.4 Å². The maximum absolute atomic E-state index is 4.20. The first kappa shape index (κ1) is 10.7. The lowest BCUT2D eigenvalue weighted by Crippen LogP contribution is -2.13. The van der Waals surface area contributed by atoms with E-state index in [1.165, 1.54) is 11.1 Å². The summed E-state index contributed by atoms with van der Waals surface area (Å²) < 4.78 is 1.83. The summed E-state index contributed by atoms with van der Waals surface area (Å²) in [5.41, 5.74) is 3.53. The van der Waals surface area contributed by atoms with E-state index in [0.29, 0.717) is 5.92 Å². The molecule has 0 spiro atoms. The Kier molecular flexibility index (Phi) is 2.69. The van der Waals surface area contributed by atoms with Gasteiger partial charge in [-0.15, -0.1) is 0 Å². The topological polar surface area (TPSA) is 21.1 Å². The van der Waals surface area contributed by atoms with Crippen molar-refractivity contribution in [1.82, 2.24) is 14.7 Å². The smallest absolute Gasteiger partial charge is 0.0527 e. The minimum absolute atomic E-state index is 0.362. The summed E-state index contributed by atoms with van der Waals surface area (Å²) in [6, 6.07) is 0. The summed E-state index contributed by atoms with van der Waals surface area (Å²) in [6.07, 6.45) is 10.3. The van der Waals surface area contributed by atoms with Gasteiger partial charge in [-0.2, -0.15) is 5.10 Å². The van der Waals surface area contributed by atoms with Crippen molar-refractivity contribution in [3.8, 4) is 0 Å². The Morgan fingerprint density at radius 2 is 2.06 bits per heavy atom. The third-order valence-corrected chi connectivity index (χ3v) is 2.99. The first-order valence-electron chi connectivity index (χ1n) is 5.38. The van der Waals surface area contributed by atoms with Crippen LogP contribution in [0.4, 0.5) is 0 Å². The number of rotatable bonds is 2. The molecule has 16 heavy (non-hydrogen) atoms. The minimum atomic E-state index is 0.362. The normalized spacial score (nSPS) is 17.6. The van der Waals surface area contributed by atoms with Gasteiger partial charge in [0.15, 0.2) is 0 Å². The predicted octanol–water partition coefficient (Wildman–Crippen LogP) is 2.42. The summed E-state index contributed by atoms with van der Waals surface area (Å²) in [7, 11) is 3.96. The van der Waals surface area contributed by atoms with E-state index in [2.05, 4.69) is 37.1 Å². The van der Waals surface area contributed by atoms with Gasteiger partial charge in [0.2, 0.25) is 0 Å². The molecule has 0 fully saturated rings. The predicted molar refractivity (Wildman–Crippen MR) is 65.7 cm³/mol. The number of aromatic nitrogens is 2. The van der Waals surface area contributed by atoms with Crippen LogP contribution in [0, 0.1) is 0 Å². The molecule has 84 valence electrons. The average molecular weight is 215 g/mol. The minimum Gasteiger partial charge on any atom is -0.351 e. The van der Waals surface area contributed by atoms with Gasteiger partial charge in [-0.25, -0.2) is 0 Å². The maximum Gasteiger partial charge on any atom is 0.0527 e. The van der Waals surface area contributed by atoms with Crippen LogP contribution in [0.5, 0.6) is 0 Å². The SMILES string of the molecule is C=C1C=CC([C@@H](C)c2cnn(C)c2)=CN1C. The monoisotopic (exact) mass is 215 g/mol. The largest absolute Gasteiger partial charge is 0.351 e. The molecule has 2 heterocycles. The Hall–Kier alpha value is -1.77. The summed E-state index contributed by atoms with van der Waals surface area (Å²) >= 11 is 0. The van der Waals surface area contributed by atoms with E-state index >= 15 is 0 Å². The lowest BCUT2D eigenvalue weighted by molar-refractivity contribution is 0.574. The molecule has 1 aromatic heterocycles. The highest BCUT2D eigenvalue weighted by Crippen LogP contribution is 2.27. The van der Waals surface area contributed by atoms with Gasteiger partial charge in [0, 0.05) is 38.1 Å². The van der Waals surface area contributed by atoms with Gasteiger partial charge < -0.3 is 4.90 Å². The van der Waals surface area contributed by atoms with Crippen molar-refractivity contribution in [2.45, 2.75) is 12.8 Å². The number of allylic oxidation sites excluding steroid dienone is 3. The third kappa shape index (κ3) is 1.94. The van der Waals surface area contributed by atoms with Gasteiger partial charge in [-0.1, -0.05) is 19.6 Å². The molecular formula is C13H17N3. The van der Waals surface area contributed by atoms with E-state index in [9.17, 15) is 0 Å². The Morgan fingerprint density at radius 1 is 1.31 bits per heavy atom. The Balaban J connectivity index is 2.23. The Labute approximate surface area is 96.4 Å². The highest BCUT2D eigenvalue weighted by molar-refractivity contribution is 5.38. The van der Waals surface area contributed by atoms with E-state index in [-0.39, 0.29) is 0 Å². The van der Waals surface area contributed by atoms with Gasteiger partial charge in [0.25, 0.3) is 0 Å². The number of hydrogen-bond donors (Lipinski definition) is 0. The van der Waals surface area contributed by atoms with Gasteiger partial charge >= 0.3 is 0 Å². The standard InChI is InChI=1S/C13H17N3/c1-10-5-6-12(8-15(10)3)11(2)13-7-14-16(4)9-13/h5-9,11H,1H2,2-4H3/t11-/m1/s1. The molecule has 0 aromatic carbocycles. The third-order valence-electron chi connectivity index (χ3n) is 2.99. The molecule has 1 atom stereocenters. The van der Waals surface area contributed by atoms with Crippen LogP contribution in [0.15, 0.2) is 48.6 Å². The highest BCUT2D eigenvalue weighted by atomic mass is 15.2. The van der Waals surface area contributed by atoms with Crippen molar-refractivity contribution < 1.29 is 0 Å². The Morgan fingerprint density at radius 3 is 2.62 bits per heavy atom. The summed E-state index contributed by atoms with van der Waals surface area (Å²) in [4.78, 5) is 2.04. The van der Waals surface area contributed by atoms with E-state index in [1.807, 2.05) is 35.9 Å². The zero-order valence-electron chi connectivity index (χ0n) is 10.0. The summed E-state index contributed by atoms with van der Waals surface area (Å²) in [5.74, 6) is 0.362. The quantitative estimate of drug-likeness (QED) is 0.755. The number of hydrogen-bond acceptors (Lipinski definition) is 2. The molecular weight excluding hydrogens is 198 g/mol. The number of nitrogens with zero attached hydrogens (tertiary/aromatic N) is 3. The van der Waals surface area contributed by atoms with E-state index < -0.39 is 0 Å². The van der Waals surface area contributed by atoms with Gasteiger partial charge in [0.05, 0.1) is 6.20 Å². The second-order valence-electron chi connectivity index (χ2n) is 4.23. The first-order valence-corrected chi connectivity index (χ1v) is 5.38. The molecule has 0 saturated heterocycles. The Bertz CT molecular complexity index is 465. The van der Waals surface area contributed by atoms with Gasteiger partial charge in [-0.05, 0) is 17.2 Å². The zero-order chi connectivity index (χ0) is 11.7. The molecule has 2 rings (SSSR count). The van der Waals surface area contributed by atoms with Gasteiger partial charge in [0.1, 0.15) is 0 Å². The molecule has 0 bridgehead atoms. The van der Waals surface area contributed by atoms with E-state index in [0.717, 1.165) is 5.70 Å². The van der Waals surface area contributed by atoms with Crippen LogP contribution in [-0.2, 0) is 7.05 Å². The lowest BCUT2D eigenvalue weighted by Gasteiger charge is -2.23. The van der Waals surface area contributed by atoms with Crippen LogP contribution in [0.3, 0.4) is 0 Å². The molecule has 0 saturated carbocycles. The van der Waals surface area contributed by atoms with Crippen molar-refractivity contribution >= 4 is 0 Å². The molecule has 1 aliphatic rings. The van der Waals surface area contributed by atoms with Crippen LogP contribution >= 0.6 is 0 Å². The lowest BCUT2D eigenvalue weighted by atomic mass is 9.94. The summed E-state index contributed by atoms with van der Waals surface area (Å²) in [6.45, 7) is 6.13. The molecule has 0 unspecified atom stereocenters. The van der Waals surface area contributed by atoms with Crippen LogP contribution in [-0.4, -0.2) is 21.7 Å². The second-order valence-corrected chi connectivity index (χ2v) is 4.23. The highest BCUT2D eigenvalue weighted by Gasteiger charge is 2.14. The molecule has 0 aliphatic carbocycles. The van der Waals surface area contributed by atoms with Crippen molar-refractivity contribution in [2.75, 3.05) is 7.05 Å². The number of aryl methyl sites for hydroxylation is 1. The van der Waals surface area contributed by atoms with E-state index in [1.54, 1.807) is 0 Å². The zero-order valence-corrected chi connectivity index (χ0v) is 10.0. The van der Waals surface area contributed by atoms with Gasteiger partial charge in [-0.3, -0.25) is 4.68 Å². The van der Waals surface area contributed by atoms with Crippen LogP contribution in [0.2, 0.25) is 0 Å². The molecule has 1 aromatic rings. The summed E-state index contributed by atoms with van der Waals surface area (Å²) in [5, 5.41) is 4.20. The maximum atomic E-state index is 4.20.